The molecule has 0 bridgehead atoms. The molecule has 47 heavy (non-hydrogen) atoms. The van der Waals surface area contributed by atoms with Gasteiger partial charge in [-0.05, 0) is 90.5 Å². The number of fused-ring (bicyclic) bond motifs is 1. The van der Waals surface area contributed by atoms with Crippen molar-refractivity contribution in [2.45, 2.75) is 117 Å². The van der Waals surface area contributed by atoms with Crippen LogP contribution < -0.4 is 9.64 Å². The van der Waals surface area contributed by atoms with E-state index in [1.165, 1.54) is 15.8 Å². The highest BCUT2D eigenvalue weighted by Crippen LogP contribution is 2.34. The highest BCUT2D eigenvalue weighted by molar-refractivity contribution is 5.98. The number of hydrogen-bond acceptors (Lipinski definition) is 7. The Bertz CT molecular complexity index is 1420. The van der Waals surface area contributed by atoms with Gasteiger partial charge in [0.05, 0.1) is 6.42 Å². The molecule has 260 valence electrons. The molecule has 0 radical (unpaired) electrons. The first-order chi connectivity index (χ1) is 21.9. The van der Waals surface area contributed by atoms with E-state index in [0.717, 1.165) is 37.7 Å². The summed E-state index contributed by atoms with van der Waals surface area (Å²) in [5, 5.41) is 3.87. The van der Waals surface area contributed by atoms with Gasteiger partial charge in [0.2, 0.25) is 5.91 Å². The maximum absolute atomic E-state index is 13.8. The molecule has 2 amide bonds. The van der Waals surface area contributed by atoms with Gasteiger partial charge < -0.3 is 19.1 Å². The average molecular weight is 665 g/mol. The molecule has 1 saturated carbocycles. The van der Waals surface area contributed by atoms with Crippen LogP contribution in [0.4, 0.5) is 23.7 Å². The number of aromatic nitrogens is 2. The van der Waals surface area contributed by atoms with E-state index >= 15 is 0 Å². The van der Waals surface area contributed by atoms with Crippen LogP contribution in [-0.4, -0.2) is 63.5 Å². The summed E-state index contributed by atoms with van der Waals surface area (Å²) in [7, 11) is 0. The Balaban J connectivity index is 1.41. The SMILES string of the molecule is CC(C)(C)OC(=O)CCN(CC(=O)N1CCc2cc(OCc3cn(CC4CCCCC4)nc3C(F)(F)F)ccc21)C(=O)OC(C)(C)C. The largest absolute Gasteiger partial charge is 0.489 e. The van der Waals surface area contributed by atoms with Crippen LogP contribution in [0, 0.1) is 5.92 Å². The summed E-state index contributed by atoms with van der Waals surface area (Å²) in [6.45, 7) is 10.5. The summed E-state index contributed by atoms with van der Waals surface area (Å²) in [6, 6.07) is 5.01. The predicted octanol–water partition coefficient (Wildman–Crippen LogP) is 6.92. The highest BCUT2D eigenvalue weighted by atomic mass is 19.4. The predicted molar refractivity (Wildman–Crippen MR) is 169 cm³/mol. The Morgan fingerprint density at radius 2 is 1.66 bits per heavy atom. The molecule has 1 aromatic carbocycles. The second kappa shape index (κ2) is 14.6. The smallest absolute Gasteiger partial charge is 0.435 e. The zero-order valence-electron chi connectivity index (χ0n) is 28.2. The van der Waals surface area contributed by atoms with Crippen molar-refractivity contribution in [3.8, 4) is 5.75 Å². The molecule has 1 fully saturated rings. The quantitative estimate of drug-likeness (QED) is 0.254. The van der Waals surface area contributed by atoms with Crippen LogP contribution >= 0.6 is 0 Å². The molecular formula is C34H47F3N4O6. The lowest BCUT2D eigenvalue weighted by Gasteiger charge is -2.29. The highest BCUT2D eigenvalue weighted by Gasteiger charge is 2.38. The van der Waals surface area contributed by atoms with E-state index in [1.54, 1.807) is 64.6 Å². The molecule has 1 aliphatic heterocycles. The summed E-state index contributed by atoms with van der Waals surface area (Å²) < 4.78 is 59.5. The lowest BCUT2D eigenvalue weighted by molar-refractivity contribution is -0.155. The van der Waals surface area contributed by atoms with Gasteiger partial charge in [0.25, 0.3) is 0 Å². The number of ether oxygens (including phenoxy) is 3. The average Bonchev–Trinajstić information content (AvgIpc) is 3.56. The summed E-state index contributed by atoms with van der Waals surface area (Å²) in [5.41, 5.74) is -1.06. The molecule has 2 heterocycles. The van der Waals surface area contributed by atoms with Crippen molar-refractivity contribution in [3.63, 3.8) is 0 Å². The fourth-order valence-corrected chi connectivity index (χ4v) is 5.85. The first kappa shape index (κ1) is 36.1. The third-order valence-electron chi connectivity index (χ3n) is 7.90. The second-order valence-electron chi connectivity index (χ2n) is 14.3. The van der Waals surface area contributed by atoms with Crippen molar-refractivity contribution in [2.75, 3.05) is 24.5 Å². The van der Waals surface area contributed by atoms with Crippen LogP contribution in [-0.2, 0) is 44.8 Å². The topological polar surface area (TPSA) is 103 Å². The van der Waals surface area contributed by atoms with E-state index < -0.39 is 35.1 Å². The zero-order valence-corrected chi connectivity index (χ0v) is 28.2. The first-order valence-electron chi connectivity index (χ1n) is 16.3. The monoisotopic (exact) mass is 664 g/mol. The maximum atomic E-state index is 13.8. The van der Waals surface area contributed by atoms with Gasteiger partial charge in [0, 0.05) is 37.1 Å². The lowest BCUT2D eigenvalue weighted by Crippen LogP contribution is -2.45. The van der Waals surface area contributed by atoms with Gasteiger partial charge in [-0.1, -0.05) is 19.3 Å². The van der Waals surface area contributed by atoms with Gasteiger partial charge in [-0.3, -0.25) is 19.2 Å². The summed E-state index contributed by atoms with van der Waals surface area (Å²) in [6.07, 6.45) is 1.82. The van der Waals surface area contributed by atoms with Gasteiger partial charge >= 0.3 is 18.2 Å². The number of amides is 2. The van der Waals surface area contributed by atoms with Crippen molar-refractivity contribution in [3.05, 3.63) is 41.2 Å². The van der Waals surface area contributed by atoms with Crippen molar-refractivity contribution >= 4 is 23.7 Å². The minimum absolute atomic E-state index is 0.0285. The third kappa shape index (κ3) is 10.6. The zero-order chi connectivity index (χ0) is 34.6. The molecule has 0 atom stereocenters. The van der Waals surface area contributed by atoms with Crippen LogP contribution in [0.3, 0.4) is 0 Å². The van der Waals surface area contributed by atoms with Gasteiger partial charge in [-0.25, -0.2) is 4.79 Å². The molecule has 0 unspecified atom stereocenters. The molecule has 0 N–H and O–H groups in total. The summed E-state index contributed by atoms with van der Waals surface area (Å²) in [5.74, 6) is -0.176. The van der Waals surface area contributed by atoms with E-state index in [-0.39, 0.29) is 37.6 Å². The van der Waals surface area contributed by atoms with E-state index in [9.17, 15) is 27.6 Å². The molecule has 2 aliphatic rings. The molecule has 0 spiro atoms. The Kier molecular flexibility index (Phi) is 11.2. The van der Waals surface area contributed by atoms with Crippen LogP contribution in [0.25, 0.3) is 0 Å². The fourth-order valence-electron chi connectivity index (χ4n) is 5.85. The number of rotatable bonds is 10. The van der Waals surface area contributed by atoms with Gasteiger partial charge in [0.1, 0.15) is 30.1 Å². The van der Waals surface area contributed by atoms with Crippen molar-refractivity contribution in [2.24, 2.45) is 5.92 Å². The minimum atomic E-state index is -4.60. The van der Waals surface area contributed by atoms with E-state index in [4.69, 9.17) is 14.2 Å². The van der Waals surface area contributed by atoms with Crippen molar-refractivity contribution in [1.82, 2.24) is 14.7 Å². The molecular weight excluding hydrogens is 617 g/mol. The Labute approximate surface area is 274 Å². The van der Waals surface area contributed by atoms with Crippen LogP contribution in [0.5, 0.6) is 5.75 Å². The Morgan fingerprint density at radius 3 is 2.30 bits per heavy atom. The first-order valence-corrected chi connectivity index (χ1v) is 16.3. The second-order valence-corrected chi connectivity index (χ2v) is 14.3. The summed E-state index contributed by atoms with van der Waals surface area (Å²) >= 11 is 0. The number of halogens is 3. The Hall–Kier alpha value is -3.77. The third-order valence-corrected chi connectivity index (χ3v) is 7.90. The number of benzene rings is 1. The number of carbonyl (C=O) groups is 3. The lowest BCUT2D eigenvalue weighted by atomic mass is 9.89. The molecule has 10 nitrogen and oxygen atoms in total. The van der Waals surface area contributed by atoms with Crippen molar-refractivity contribution in [1.29, 1.82) is 0 Å². The van der Waals surface area contributed by atoms with Gasteiger partial charge in [-0.15, -0.1) is 0 Å². The van der Waals surface area contributed by atoms with Gasteiger partial charge in [-0.2, -0.15) is 18.3 Å². The molecule has 1 aliphatic carbocycles. The number of hydrogen-bond donors (Lipinski definition) is 0. The van der Waals surface area contributed by atoms with Crippen LogP contribution in [0.15, 0.2) is 24.4 Å². The van der Waals surface area contributed by atoms with Gasteiger partial charge in [0.15, 0.2) is 5.69 Å². The molecule has 4 rings (SSSR count). The van der Waals surface area contributed by atoms with E-state index in [0.29, 0.717) is 36.9 Å². The summed E-state index contributed by atoms with van der Waals surface area (Å²) in [4.78, 5) is 41.5. The molecule has 0 saturated heterocycles. The van der Waals surface area contributed by atoms with Crippen LogP contribution in [0.2, 0.25) is 0 Å². The minimum Gasteiger partial charge on any atom is -0.489 e. The number of carbonyl (C=O) groups excluding carboxylic acids is 3. The Morgan fingerprint density at radius 1 is 0.979 bits per heavy atom. The fraction of sp³-hybridized carbons (Fsp3) is 0.647. The number of anilines is 1. The van der Waals surface area contributed by atoms with Crippen LogP contribution in [0.1, 0.15) is 96.9 Å². The number of esters is 1. The molecule has 1 aromatic heterocycles. The van der Waals surface area contributed by atoms with E-state index in [2.05, 4.69) is 5.10 Å². The van der Waals surface area contributed by atoms with E-state index in [1.807, 2.05) is 0 Å². The standard InChI is InChI=1S/C34H47F3N4O6/c1-32(2,3)46-29(43)15-16-39(31(44)47-33(4,5)6)21-28(42)41-17-14-24-18-26(12-13-27(24)41)45-22-25-20-40(38-30(25)34(35,36)37)19-23-10-8-7-9-11-23/h12-13,18,20,23H,7-11,14-17,19,21-22H2,1-6H3. The molecule has 13 heteroatoms. The molecule has 2 aromatic rings. The maximum Gasteiger partial charge on any atom is 0.435 e. The van der Waals surface area contributed by atoms with Crippen molar-refractivity contribution < 1.29 is 41.8 Å². The number of nitrogens with zero attached hydrogens (tertiary/aromatic N) is 4. The number of alkyl halides is 3. The normalized spacial score (nSPS) is 15.7.